The van der Waals surface area contributed by atoms with E-state index in [1.165, 1.54) is 11.3 Å². The zero-order valence-electron chi connectivity index (χ0n) is 17.6. The van der Waals surface area contributed by atoms with Gasteiger partial charge in [-0.25, -0.2) is 0 Å². The second-order valence-corrected chi connectivity index (χ2v) is 8.60. The van der Waals surface area contributed by atoms with Crippen molar-refractivity contribution in [3.8, 4) is 0 Å². The highest BCUT2D eigenvalue weighted by atomic mass is 16.5. The number of aromatic nitrogens is 2. The van der Waals surface area contributed by atoms with Crippen molar-refractivity contribution in [3.05, 3.63) is 17.5 Å². The van der Waals surface area contributed by atoms with Gasteiger partial charge in [-0.2, -0.15) is 5.10 Å². The number of morpholine rings is 1. The Morgan fingerprint density at radius 3 is 2.78 bits per heavy atom. The minimum absolute atomic E-state index is 0.0666. The van der Waals surface area contributed by atoms with E-state index in [4.69, 9.17) is 9.84 Å². The van der Waals surface area contributed by atoms with Crippen LogP contribution in [0.15, 0.2) is 11.2 Å². The van der Waals surface area contributed by atoms with E-state index in [-0.39, 0.29) is 5.54 Å². The minimum atomic E-state index is 0.0666. The van der Waals surface area contributed by atoms with E-state index < -0.39 is 0 Å². The summed E-state index contributed by atoms with van der Waals surface area (Å²) < 4.78 is 7.57. The van der Waals surface area contributed by atoms with Crippen LogP contribution in [0.1, 0.15) is 51.4 Å². The Hall–Kier alpha value is -1.60. The molecule has 2 N–H and O–H groups in total. The molecule has 1 saturated heterocycles. The summed E-state index contributed by atoms with van der Waals surface area (Å²) in [7, 11) is 1.85. The lowest BCUT2D eigenvalue weighted by molar-refractivity contribution is -0.00835. The fourth-order valence-corrected chi connectivity index (χ4v) is 3.87. The van der Waals surface area contributed by atoms with Gasteiger partial charge < -0.3 is 15.4 Å². The molecule has 1 aliphatic carbocycles. The number of nitrogens with zero attached hydrogens (tertiary/aromatic N) is 4. The van der Waals surface area contributed by atoms with Crippen LogP contribution in [0.5, 0.6) is 0 Å². The second-order valence-electron chi connectivity index (χ2n) is 8.60. The fraction of sp³-hybridized carbons (Fsp3) is 0.800. The largest absolute Gasteiger partial charge is 0.379 e. The van der Waals surface area contributed by atoms with Crippen LogP contribution in [0.2, 0.25) is 0 Å². The summed E-state index contributed by atoms with van der Waals surface area (Å²) in [6.45, 7) is 13.4. The van der Waals surface area contributed by atoms with Crippen LogP contribution in [0.4, 0.5) is 0 Å². The van der Waals surface area contributed by atoms with Crippen LogP contribution < -0.4 is 10.6 Å². The Balaban J connectivity index is 1.53. The molecule has 0 radical (unpaired) electrons. The molecule has 0 bridgehead atoms. The fourth-order valence-electron chi connectivity index (χ4n) is 3.87. The van der Waals surface area contributed by atoms with E-state index in [2.05, 4.69) is 59.1 Å². The highest BCUT2D eigenvalue weighted by Gasteiger charge is 2.29. The molecule has 27 heavy (non-hydrogen) atoms. The molecule has 3 rings (SSSR count). The van der Waals surface area contributed by atoms with Gasteiger partial charge in [0.05, 0.1) is 18.9 Å². The number of hydrogen-bond acceptors (Lipinski definition) is 4. The van der Waals surface area contributed by atoms with Crippen molar-refractivity contribution in [1.29, 1.82) is 0 Å². The van der Waals surface area contributed by atoms with Crippen molar-refractivity contribution in [1.82, 2.24) is 25.3 Å². The van der Waals surface area contributed by atoms with Crippen LogP contribution >= 0.6 is 0 Å². The van der Waals surface area contributed by atoms with Gasteiger partial charge >= 0.3 is 0 Å². The molecule has 0 spiro atoms. The normalized spacial score (nSPS) is 22.0. The number of aliphatic imine (C=N–C) groups is 1. The molecule has 1 atom stereocenters. The summed E-state index contributed by atoms with van der Waals surface area (Å²) >= 11 is 0. The lowest BCUT2D eigenvalue weighted by Crippen LogP contribution is -2.57. The van der Waals surface area contributed by atoms with E-state index in [0.29, 0.717) is 12.1 Å². The summed E-state index contributed by atoms with van der Waals surface area (Å²) in [6, 6.07) is 0.796. The summed E-state index contributed by atoms with van der Waals surface area (Å²) in [6.07, 6.45) is 5.37. The molecule has 0 amide bonds. The summed E-state index contributed by atoms with van der Waals surface area (Å²) in [5, 5.41) is 11.9. The highest BCUT2D eigenvalue weighted by Crippen LogP contribution is 2.22. The maximum Gasteiger partial charge on any atom is 0.191 e. The van der Waals surface area contributed by atoms with Gasteiger partial charge in [-0.05, 0) is 46.1 Å². The van der Waals surface area contributed by atoms with Gasteiger partial charge in [-0.3, -0.25) is 14.6 Å². The molecular weight excluding hydrogens is 340 g/mol. The van der Waals surface area contributed by atoms with Crippen LogP contribution in [0.3, 0.4) is 0 Å². The number of fused-ring (bicyclic) bond motifs is 1. The predicted octanol–water partition coefficient (Wildman–Crippen LogP) is 1.60. The topological polar surface area (TPSA) is 66.7 Å². The molecule has 0 saturated carbocycles. The quantitative estimate of drug-likeness (QED) is 0.604. The molecule has 1 aromatic rings. The Bertz CT molecular complexity index is 645. The van der Waals surface area contributed by atoms with Gasteiger partial charge in [0.15, 0.2) is 5.96 Å². The standard InChI is InChI=1S/C20H36N6O/c1-15(2)26-13-16-6-7-17(12-18(16)24-26)23-19(21-5)22-14-20(3,4)25-8-10-27-11-9-25/h13,15,17H,6-12,14H2,1-5H3,(H2,21,22,23). The first kappa shape index (κ1) is 20.1. The van der Waals surface area contributed by atoms with Crippen molar-refractivity contribution >= 4 is 5.96 Å². The molecule has 2 aliphatic rings. The zero-order valence-corrected chi connectivity index (χ0v) is 17.6. The van der Waals surface area contributed by atoms with Crippen LogP contribution in [-0.4, -0.2) is 72.1 Å². The Morgan fingerprint density at radius 1 is 1.37 bits per heavy atom. The van der Waals surface area contributed by atoms with Gasteiger partial charge in [0.2, 0.25) is 0 Å². The first-order valence-corrected chi connectivity index (χ1v) is 10.3. The van der Waals surface area contributed by atoms with Gasteiger partial charge in [-0.1, -0.05) is 0 Å². The number of nitrogens with one attached hydrogen (secondary N) is 2. The van der Waals surface area contributed by atoms with Crippen molar-refractivity contribution in [2.24, 2.45) is 4.99 Å². The molecular formula is C20H36N6O. The minimum Gasteiger partial charge on any atom is -0.379 e. The molecule has 1 aromatic heterocycles. The third kappa shape index (κ3) is 5.02. The van der Waals surface area contributed by atoms with Gasteiger partial charge in [0.1, 0.15) is 0 Å². The Labute approximate surface area is 163 Å². The number of guanidine groups is 1. The number of hydrogen-bond donors (Lipinski definition) is 2. The number of rotatable bonds is 5. The van der Waals surface area contributed by atoms with Crippen LogP contribution in [0, 0.1) is 0 Å². The zero-order chi connectivity index (χ0) is 19.4. The van der Waals surface area contributed by atoms with Gasteiger partial charge in [0, 0.05) is 56.9 Å². The molecule has 152 valence electrons. The molecule has 2 heterocycles. The van der Waals surface area contributed by atoms with E-state index in [9.17, 15) is 0 Å². The maximum atomic E-state index is 5.48. The average Bonchev–Trinajstić information content (AvgIpc) is 3.09. The van der Waals surface area contributed by atoms with Crippen molar-refractivity contribution in [3.63, 3.8) is 0 Å². The van der Waals surface area contributed by atoms with Crippen molar-refractivity contribution in [2.75, 3.05) is 39.9 Å². The van der Waals surface area contributed by atoms with Crippen molar-refractivity contribution < 1.29 is 4.74 Å². The van der Waals surface area contributed by atoms with Gasteiger partial charge in [-0.15, -0.1) is 0 Å². The maximum absolute atomic E-state index is 5.48. The Kier molecular flexibility index (Phi) is 6.42. The smallest absolute Gasteiger partial charge is 0.191 e. The molecule has 7 heteroatoms. The molecule has 7 nitrogen and oxygen atoms in total. The van der Waals surface area contributed by atoms with E-state index >= 15 is 0 Å². The number of ether oxygens (including phenoxy) is 1. The monoisotopic (exact) mass is 376 g/mol. The van der Waals surface area contributed by atoms with Gasteiger partial charge in [0.25, 0.3) is 0 Å². The lowest BCUT2D eigenvalue weighted by Gasteiger charge is -2.41. The Morgan fingerprint density at radius 2 is 2.11 bits per heavy atom. The second kappa shape index (κ2) is 8.61. The van der Waals surface area contributed by atoms with E-state index in [1.54, 1.807) is 0 Å². The first-order valence-electron chi connectivity index (χ1n) is 10.3. The summed E-state index contributed by atoms with van der Waals surface area (Å²) in [5.41, 5.74) is 2.70. The number of aryl methyl sites for hydroxylation is 1. The molecule has 1 aliphatic heterocycles. The van der Waals surface area contributed by atoms with Crippen LogP contribution in [0.25, 0.3) is 0 Å². The average molecular weight is 377 g/mol. The summed E-state index contributed by atoms with van der Waals surface area (Å²) in [5.74, 6) is 0.882. The van der Waals surface area contributed by atoms with E-state index in [1.807, 2.05) is 7.05 Å². The predicted molar refractivity (Wildman–Crippen MR) is 109 cm³/mol. The van der Waals surface area contributed by atoms with E-state index in [0.717, 1.165) is 58.1 Å². The van der Waals surface area contributed by atoms with Crippen LogP contribution in [-0.2, 0) is 17.6 Å². The molecule has 0 aromatic carbocycles. The van der Waals surface area contributed by atoms with Crippen molar-refractivity contribution in [2.45, 2.75) is 64.6 Å². The highest BCUT2D eigenvalue weighted by molar-refractivity contribution is 5.80. The molecule has 1 fully saturated rings. The first-order chi connectivity index (χ1) is 12.9. The SMILES string of the molecule is CN=C(NCC(C)(C)N1CCOCC1)NC1CCc2cn(C(C)C)nc2C1. The lowest BCUT2D eigenvalue weighted by atomic mass is 9.94. The summed E-state index contributed by atoms with van der Waals surface area (Å²) in [4.78, 5) is 6.93. The third-order valence-corrected chi connectivity index (χ3v) is 5.75. The third-order valence-electron chi connectivity index (χ3n) is 5.75. The molecule has 1 unspecified atom stereocenters.